The van der Waals surface area contributed by atoms with Crippen molar-refractivity contribution in [1.29, 1.82) is 0 Å². The molecule has 0 atom stereocenters. The van der Waals surface area contributed by atoms with Gasteiger partial charge in [0.05, 0.1) is 4.90 Å². The molecule has 0 bridgehead atoms. The Morgan fingerprint density at radius 2 is 1.88 bits per heavy atom. The lowest BCUT2D eigenvalue weighted by Gasteiger charge is -2.06. The fourth-order valence-corrected chi connectivity index (χ4v) is 3.17. The summed E-state index contributed by atoms with van der Waals surface area (Å²) in [7, 11) is -2.10. The summed E-state index contributed by atoms with van der Waals surface area (Å²) in [6.45, 7) is 2.22. The lowest BCUT2D eigenvalue weighted by atomic mass is 10.2. The summed E-state index contributed by atoms with van der Waals surface area (Å²) in [5, 5.41) is 2.79. The molecule has 2 heterocycles. The first-order valence-corrected chi connectivity index (χ1v) is 9.14. The molecule has 2 aromatic heterocycles. The van der Waals surface area contributed by atoms with Crippen LogP contribution < -0.4 is 10.0 Å². The Morgan fingerprint density at radius 1 is 1.16 bits per heavy atom. The van der Waals surface area contributed by atoms with Crippen LogP contribution in [0.1, 0.15) is 21.7 Å². The number of sulfonamides is 1. The number of carbonyl (C=O) groups is 1. The van der Waals surface area contributed by atoms with Gasteiger partial charge in [0.2, 0.25) is 10.0 Å². The third-order valence-electron chi connectivity index (χ3n) is 3.88. The van der Waals surface area contributed by atoms with Crippen LogP contribution in [0.3, 0.4) is 0 Å². The van der Waals surface area contributed by atoms with Gasteiger partial charge in [0.25, 0.3) is 5.91 Å². The predicted molar refractivity (Wildman–Crippen MR) is 93.8 cm³/mol. The summed E-state index contributed by atoms with van der Waals surface area (Å²) in [6, 6.07) is 12.0. The number of aryl methyl sites for hydroxylation is 1. The molecule has 1 aromatic carbocycles. The van der Waals surface area contributed by atoms with Crippen LogP contribution in [0.25, 0.3) is 5.65 Å². The van der Waals surface area contributed by atoms with Crippen LogP contribution in [0.4, 0.5) is 0 Å². The Balaban J connectivity index is 1.70. The van der Waals surface area contributed by atoms with Crippen molar-refractivity contribution in [1.82, 2.24) is 19.4 Å². The number of carbonyl (C=O) groups excluding carboxylic acids is 1. The van der Waals surface area contributed by atoms with Gasteiger partial charge in [0.1, 0.15) is 11.3 Å². The molecular weight excluding hydrogens is 340 g/mol. The summed E-state index contributed by atoms with van der Waals surface area (Å²) in [5.74, 6) is -0.282. The number of rotatable bonds is 5. The maximum Gasteiger partial charge on any atom is 0.271 e. The fraction of sp³-hybridized carbons (Fsp3) is 0.176. The summed E-state index contributed by atoms with van der Waals surface area (Å²) in [4.78, 5) is 16.8. The molecule has 25 heavy (non-hydrogen) atoms. The van der Waals surface area contributed by atoms with Gasteiger partial charge >= 0.3 is 0 Å². The summed E-state index contributed by atoms with van der Waals surface area (Å²) < 4.78 is 27.5. The minimum Gasteiger partial charge on any atom is -0.347 e. The zero-order chi connectivity index (χ0) is 18.0. The summed E-state index contributed by atoms with van der Waals surface area (Å²) >= 11 is 0. The van der Waals surface area contributed by atoms with E-state index in [4.69, 9.17) is 0 Å². The zero-order valence-electron chi connectivity index (χ0n) is 13.9. The zero-order valence-corrected chi connectivity index (χ0v) is 14.7. The lowest BCUT2D eigenvalue weighted by Crippen LogP contribution is -2.23. The maximum absolute atomic E-state index is 12.3. The molecule has 1 amide bonds. The van der Waals surface area contributed by atoms with Crippen molar-refractivity contribution in [2.45, 2.75) is 18.4 Å². The third kappa shape index (κ3) is 3.54. The molecule has 0 radical (unpaired) electrons. The second kappa shape index (κ2) is 6.66. The molecule has 7 nitrogen and oxygen atoms in total. The Kier molecular flexibility index (Phi) is 4.56. The molecule has 0 spiro atoms. The molecule has 0 fully saturated rings. The number of hydrogen-bond donors (Lipinski definition) is 2. The topological polar surface area (TPSA) is 92.6 Å². The number of imidazole rings is 1. The molecule has 3 rings (SSSR count). The average Bonchev–Trinajstić information content (AvgIpc) is 3.06. The van der Waals surface area contributed by atoms with Crippen molar-refractivity contribution in [2.75, 3.05) is 7.05 Å². The van der Waals surface area contributed by atoms with E-state index >= 15 is 0 Å². The normalized spacial score (nSPS) is 11.6. The van der Waals surface area contributed by atoms with Gasteiger partial charge in [-0.1, -0.05) is 18.2 Å². The van der Waals surface area contributed by atoms with Crippen molar-refractivity contribution in [3.8, 4) is 0 Å². The van der Waals surface area contributed by atoms with Crippen LogP contribution in [0.15, 0.2) is 53.6 Å². The molecule has 130 valence electrons. The summed E-state index contributed by atoms with van der Waals surface area (Å²) in [5.41, 5.74) is 2.84. The van der Waals surface area contributed by atoms with Crippen LogP contribution in [0.2, 0.25) is 0 Å². The maximum atomic E-state index is 12.3. The van der Waals surface area contributed by atoms with E-state index in [1.54, 1.807) is 18.3 Å². The highest BCUT2D eigenvalue weighted by atomic mass is 32.2. The van der Waals surface area contributed by atoms with Crippen LogP contribution in [0, 0.1) is 6.92 Å². The lowest BCUT2D eigenvalue weighted by molar-refractivity contribution is 0.0946. The Morgan fingerprint density at radius 3 is 2.52 bits per heavy atom. The van der Waals surface area contributed by atoms with Gasteiger partial charge in [-0.15, -0.1) is 0 Å². The number of pyridine rings is 1. The number of fused-ring (bicyclic) bond motifs is 1. The number of aromatic nitrogens is 2. The highest BCUT2D eigenvalue weighted by Gasteiger charge is 2.13. The van der Waals surface area contributed by atoms with E-state index in [0.717, 1.165) is 11.3 Å². The molecule has 0 saturated carbocycles. The molecule has 8 heteroatoms. The molecule has 3 aromatic rings. The van der Waals surface area contributed by atoms with Crippen LogP contribution in [0.5, 0.6) is 0 Å². The third-order valence-corrected chi connectivity index (χ3v) is 5.31. The first-order chi connectivity index (χ1) is 11.9. The van der Waals surface area contributed by atoms with Gasteiger partial charge < -0.3 is 9.72 Å². The van der Waals surface area contributed by atoms with E-state index in [1.807, 2.05) is 29.5 Å². The Labute approximate surface area is 145 Å². The highest BCUT2D eigenvalue weighted by Crippen LogP contribution is 2.11. The minimum atomic E-state index is -3.46. The first-order valence-electron chi connectivity index (χ1n) is 7.66. The van der Waals surface area contributed by atoms with E-state index < -0.39 is 10.0 Å². The van der Waals surface area contributed by atoms with Gasteiger partial charge in [-0.25, -0.2) is 18.1 Å². The second-order valence-electron chi connectivity index (χ2n) is 5.56. The van der Waals surface area contributed by atoms with Crippen molar-refractivity contribution in [2.24, 2.45) is 0 Å². The van der Waals surface area contributed by atoms with Crippen molar-refractivity contribution in [3.63, 3.8) is 0 Å². The number of hydrogen-bond acceptors (Lipinski definition) is 4. The number of nitrogens with zero attached hydrogens (tertiary/aromatic N) is 2. The molecular formula is C17H18N4O3S. The molecule has 0 aliphatic carbocycles. The molecule has 0 aliphatic heterocycles. The van der Waals surface area contributed by atoms with E-state index in [9.17, 15) is 13.2 Å². The molecule has 0 aliphatic rings. The smallest absolute Gasteiger partial charge is 0.271 e. The highest BCUT2D eigenvalue weighted by molar-refractivity contribution is 7.89. The van der Waals surface area contributed by atoms with Crippen LogP contribution in [-0.4, -0.2) is 30.8 Å². The van der Waals surface area contributed by atoms with Crippen molar-refractivity contribution in [3.05, 3.63) is 65.6 Å². The minimum absolute atomic E-state index is 0.181. The number of amides is 1. The molecule has 0 saturated heterocycles. The van der Waals surface area contributed by atoms with E-state index in [2.05, 4.69) is 15.0 Å². The number of benzene rings is 1. The van der Waals surface area contributed by atoms with E-state index in [-0.39, 0.29) is 17.3 Å². The Hall–Kier alpha value is -2.71. The molecule has 2 N–H and O–H groups in total. The van der Waals surface area contributed by atoms with E-state index in [1.165, 1.54) is 19.2 Å². The predicted octanol–water partition coefficient (Wildman–Crippen LogP) is 1.48. The standard InChI is InChI=1S/C17H18N4O3S/c1-12-4-3-5-16-20-15(11-21(12)16)17(22)19-10-13-6-8-14(9-7-13)25(23,24)18-2/h3-9,11,18H,10H2,1-2H3,(H,19,22). The van der Waals surface area contributed by atoms with Crippen molar-refractivity contribution >= 4 is 21.6 Å². The van der Waals surface area contributed by atoms with Crippen LogP contribution >= 0.6 is 0 Å². The quantitative estimate of drug-likeness (QED) is 0.723. The van der Waals surface area contributed by atoms with Crippen LogP contribution in [-0.2, 0) is 16.6 Å². The largest absolute Gasteiger partial charge is 0.347 e. The first kappa shape index (κ1) is 17.1. The SMILES string of the molecule is CNS(=O)(=O)c1ccc(CNC(=O)c2cn3c(C)cccc3n2)cc1. The van der Waals surface area contributed by atoms with E-state index in [0.29, 0.717) is 11.3 Å². The summed E-state index contributed by atoms with van der Waals surface area (Å²) in [6.07, 6.45) is 1.70. The van der Waals surface area contributed by atoms with Gasteiger partial charge in [-0.2, -0.15) is 0 Å². The van der Waals surface area contributed by atoms with Gasteiger partial charge in [-0.3, -0.25) is 4.79 Å². The monoisotopic (exact) mass is 358 g/mol. The fourth-order valence-electron chi connectivity index (χ4n) is 2.43. The van der Waals surface area contributed by atoms with Gasteiger partial charge in [-0.05, 0) is 43.8 Å². The van der Waals surface area contributed by atoms with Gasteiger partial charge in [0, 0.05) is 18.4 Å². The van der Waals surface area contributed by atoms with Gasteiger partial charge in [0.15, 0.2) is 0 Å². The second-order valence-corrected chi connectivity index (χ2v) is 7.44. The Bertz CT molecular complexity index is 1020. The molecule has 0 unspecified atom stereocenters. The average molecular weight is 358 g/mol. The number of nitrogens with one attached hydrogen (secondary N) is 2. The van der Waals surface area contributed by atoms with Crippen molar-refractivity contribution < 1.29 is 13.2 Å².